The summed E-state index contributed by atoms with van der Waals surface area (Å²) in [6.07, 6.45) is 8.20. The van der Waals surface area contributed by atoms with Gasteiger partial charge in [-0.2, -0.15) is 4.99 Å². The number of allylic oxidation sites excluding steroid dienone is 4. The fourth-order valence-electron chi connectivity index (χ4n) is 4.78. The SMILES string of the molecule is C=C/C=C\C(=C/C)N1C(=O)/C(=C/c2cc(I)c(OCC)c(OCC)c2)C(=O)N=C1SCC(=O)NC(c1ccccc1)c1ccccc1. The molecule has 0 bridgehead atoms. The second-order valence-electron chi connectivity index (χ2n) is 10.0. The number of carbonyl (C=O) groups excluding carboxylic acids is 3. The van der Waals surface area contributed by atoms with Crippen molar-refractivity contribution in [1.82, 2.24) is 10.2 Å². The molecule has 1 N–H and O–H groups in total. The number of benzene rings is 3. The summed E-state index contributed by atoms with van der Waals surface area (Å²) in [6, 6.07) is 22.5. The normalized spacial score (nSPS) is 14.5. The number of nitrogens with zero attached hydrogens (tertiary/aromatic N) is 2. The van der Waals surface area contributed by atoms with Crippen LogP contribution in [0.4, 0.5) is 0 Å². The zero-order valence-corrected chi connectivity index (χ0v) is 29.4. The van der Waals surface area contributed by atoms with E-state index in [0.29, 0.717) is 36.0 Å². The third-order valence-electron chi connectivity index (χ3n) is 6.84. The average molecular weight is 762 g/mol. The Hall–Kier alpha value is -4.42. The van der Waals surface area contributed by atoms with E-state index in [1.54, 1.807) is 37.3 Å². The number of aliphatic imine (C=N–C) groups is 1. The number of thioether (sulfide) groups is 1. The zero-order valence-electron chi connectivity index (χ0n) is 26.4. The van der Waals surface area contributed by atoms with Gasteiger partial charge in [0.15, 0.2) is 16.7 Å². The number of carbonyl (C=O) groups is 3. The van der Waals surface area contributed by atoms with Gasteiger partial charge in [-0.15, -0.1) is 0 Å². The molecule has 0 aliphatic carbocycles. The van der Waals surface area contributed by atoms with Gasteiger partial charge in [-0.1, -0.05) is 97.2 Å². The van der Waals surface area contributed by atoms with Gasteiger partial charge >= 0.3 is 0 Å². The van der Waals surface area contributed by atoms with Crippen LogP contribution in [0, 0.1) is 3.57 Å². The van der Waals surface area contributed by atoms with Crippen molar-refractivity contribution in [1.29, 1.82) is 0 Å². The molecule has 242 valence electrons. The van der Waals surface area contributed by atoms with Crippen LogP contribution in [-0.4, -0.2) is 46.8 Å². The van der Waals surface area contributed by atoms with E-state index in [9.17, 15) is 14.4 Å². The van der Waals surface area contributed by atoms with Crippen molar-refractivity contribution in [3.05, 3.63) is 135 Å². The minimum absolute atomic E-state index is 0.0813. The van der Waals surface area contributed by atoms with E-state index in [1.165, 1.54) is 11.0 Å². The molecule has 0 saturated heterocycles. The largest absolute Gasteiger partial charge is 0.490 e. The first-order valence-electron chi connectivity index (χ1n) is 15.1. The first-order valence-corrected chi connectivity index (χ1v) is 17.1. The lowest BCUT2D eigenvalue weighted by Gasteiger charge is -2.28. The molecule has 0 aromatic heterocycles. The number of ether oxygens (including phenoxy) is 2. The molecule has 0 fully saturated rings. The molecule has 10 heteroatoms. The lowest BCUT2D eigenvalue weighted by Crippen LogP contribution is -2.42. The molecule has 0 spiro atoms. The summed E-state index contributed by atoms with van der Waals surface area (Å²) in [4.78, 5) is 46.5. The molecular weight excluding hydrogens is 725 g/mol. The van der Waals surface area contributed by atoms with E-state index in [-0.39, 0.29) is 28.4 Å². The molecule has 8 nitrogen and oxygen atoms in total. The molecule has 1 heterocycles. The van der Waals surface area contributed by atoms with Crippen LogP contribution in [0.5, 0.6) is 11.5 Å². The lowest BCUT2D eigenvalue weighted by atomic mass is 9.99. The van der Waals surface area contributed by atoms with Crippen molar-refractivity contribution in [2.75, 3.05) is 19.0 Å². The number of hydrogen-bond acceptors (Lipinski definition) is 6. The zero-order chi connectivity index (χ0) is 33.8. The molecule has 47 heavy (non-hydrogen) atoms. The maximum Gasteiger partial charge on any atom is 0.285 e. The summed E-state index contributed by atoms with van der Waals surface area (Å²) in [6.45, 7) is 10.1. The Kier molecular flexibility index (Phi) is 13.2. The second kappa shape index (κ2) is 17.5. The van der Waals surface area contributed by atoms with Crippen LogP contribution in [0.25, 0.3) is 6.08 Å². The standard InChI is InChI=1S/C37H36IN3O5S/c1-5-9-20-28(6-2)41-36(44)29(21-25-22-30(38)34(46-8-4)31(23-25)45-7-3)35(43)40-37(41)47-24-32(42)39-33(26-16-12-10-13-17-26)27-18-14-11-15-19-27/h5-6,9-23,33H,1,7-8,24H2,2-4H3,(H,39,42)/b20-9-,28-6+,29-21+. The number of nitrogens with one attached hydrogen (secondary N) is 1. The molecule has 3 amide bonds. The Morgan fingerprint density at radius 3 is 2.23 bits per heavy atom. The van der Waals surface area contributed by atoms with Gasteiger partial charge in [-0.05, 0) is 84.3 Å². The lowest BCUT2D eigenvalue weighted by molar-refractivity contribution is -0.126. The summed E-state index contributed by atoms with van der Waals surface area (Å²) in [5, 5.41) is 3.20. The number of rotatable bonds is 13. The van der Waals surface area contributed by atoms with Gasteiger partial charge in [-0.3, -0.25) is 19.3 Å². The van der Waals surface area contributed by atoms with E-state index < -0.39 is 11.8 Å². The van der Waals surface area contributed by atoms with E-state index in [4.69, 9.17) is 9.47 Å². The highest BCUT2D eigenvalue weighted by Gasteiger charge is 2.35. The summed E-state index contributed by atoms with van der Waals surface area (Å²) >= 11 is 3.15. The van der Waals surface area contributed by atoms with Crippen LogP contribution in [0.3, 0.4) is 0 Å². The van der Waals surface area contributed by atoms with Gasteiger partial charge in [0.05, 0.1) is 28.6 Å². The molecule has 3 aromatic rings. The highest BCUT2D eigenvalue weighted by molar-refractivity contribution is 14.1. The van der Waals surface area contributed by atoms with Crippen molar-refractivity contribution in [3.63, 3.8) is 0 Å². The van der Waals surface area contributed by atoms with E-state index >= 15 is 0 Å². The van der Waals surface area contributed by atoms with Crippen LogP contribution >= 0.6 is 34.4 Å². The van der Waals surface area contributed by atoms with E-state index in [2.05, 4.69) is 39.5 Å². The van der Waals surface area contributed by atoms with Crippen molar-refractivity contribution < 1.29 is 23.9 Å². The molecule has 0 radical (unpaired) electrons. The van der Waals surface area contributed by atoms with Crippen LogP contribution in [-0.2, 0) is 14.4 Å². The monoisotopic (exact) mass is 761 g/mol. The van der Waals surface area contributed by atoms with Crippen molar-refractivity contribution in [2.45, 2.75) is 26.8 Å². The van der Waals surface area contributed by atoms with Crippen LogP contribution in [0.1, 0.15) is 43.5 Å². The van der Waals surface area contributed by atoms with Crippen LogP contribution in [0.15, 0.2) is 120 Å². The third-order valence-corrected chi connectivity index (χ3v) is 8.58. The average Bonchev–Trinajstić information content (AvgIpc) is 3.08. The molecule has 3 aromatic carbocycles. The quantitative estimate of drug-likeness (QED) is 0.0840. The molecular formula is C37H36IN3O5S. The topological polar surface area (TPSA) is 97.3 Å². The fraction of sp³-hybridized carbons (Fsp3) is 0.189. The Labute approximate surface area is 293 Å². The predicted octanol–water partition coefficient (Wildman–Crippen LogP) is 7.48. The highest BCUT2D eigenvalue weighted by atomic mass is 127. The number of amides is 3. The van der Waals surface area contributed by atoms with Gasteiger partial charge in [0, 0.05) is 5.70 Å². The Morgan fingerprint density at radius 2 is 1.66 bits per heavy atom. The van der Waals surface area contributed by atoms with Gasteiger partial charge in [-0.25, -0.2) is 0 Å². The minimum Gasteiger partial charge on any atom is -0.490 e. The first-order chi connectivity index (χ1) is 22.8. The number of hydrogen-bond donors (Lipinski definition) is 1. The van der Waals surface area contributed by atoms with Crippen LogP contribution in [0.2, 0.25) is 0 Å². The minimum atomic E-state index is -0.703. The molecule has 0 saturated carbocycles. The number of amidine groups is 1. The highest BCUT2D eigenvalue weighted by Crippen LogP contribution is 2.36. The Bertz CT molecular complexity index is 1700. The van der Waals surface area contributed by atoms with Gasteiger partial charge in [0.1, 0.15) is 5.57 Å². The summed E-state index contributed by atoms with van der Waals surface area (Å²) in [5.74, 6) is -0.523. The van der Waals surface area contributed by atoms with Crippen molar-refractivity contribution in [2.24, 2.45) is 4.99 Å². The molecule has 4 rings (SSSR count). The smallest absolute Gasteiger partial charge is 0.285 e. The van der Waals surface area contributed by atoms with E-state index in [0.717, 1.165) is 26.5 Å². The van der Waals surface area contributed by atoms with Gasteiger partial charge in [0.2, 0.25) is 5.91 Å². The fourth-order valence-corrected chi connectivity index (χ4v) is 6.37. The second-order valence-corrected chi connectivity index (χ2v) is 12.1. The molecule has 1 aliphatic heterocycles. The van der Waals surface area contributed by atoms with Gasteiger partial charge in [0.25, 0.3) is 11.8 Å². The van der Waals surface area contributed by atoms with Gasteiger partial charge < -0.3 is 14.8 Å². The Balaban J connectivity index is 1.65. The van der Waals surface area contributed by atoms with E-state index in [1.807, 2.05) is 80.6 Å². The molecule has 1 aliphatic rings. The maximum absolute atomic E-state index is 14.1. The van der Waals surface area contributed by atoms with Crippen molar-refractivity contribution in [3.8, 4) is 11.5 Å². The first kappa shape index (κ1) is 35.4. The predicted molar refractivity (Wildman–Crippen MR) is 197 cm³/mol. The molecule has 0 unspecified atom stereocenters. The molecule has 0 atom stereocenters. The summed E-state index contributed by atoms with van der Waals surface area (Å²) in [7, 11) is 0. The van der Waals surface area contributed by atoms with Crippen LogP contribution < -0.4 is 14.8 Å². The summed E-state index contributed by atoms with van der Waals surface area (Å²) < 4.78 is 12.3. The summed E-state index contributed by atoms with van der Waals surface area (Å²) in [5.41, 5.74) is 2.79. The third kappa shape index (κ3) is 9.11. The number of halogens is 1. The Morgan fingerprint density at radius 1 is 1.02 bits per heavy atom. The maximum atomic E-state index is 14.1. The van der Waals surface area contributed by atoms with Crippen molar-refractivity contribution >= 4 is 63.3 Å².